The van der Waals surface area contributed by atoms with Crippen LogP contribution in [0.2, 0.25) is 0 Å². The first kappa shape index (κ1) is 18.7. The Hall–Kier alpha value is -4.33. The average molecular weight is 418 g/mol. The molecule has 31 heavy (non-hydrogen) atoms. The second-order valence-corrected chi connectivity index (χ2v) is 6.82. The van der Waals surface area contributed by atoms with Crippen LogP contribution in [-0.4, -0.2) is 18.6 Å². The zero-order valence-electron chi connectivity index (χ0n) is 16.0. The number of anilines is 2. The number of rotatable bonds is 4. The highest BCUT2D eigenvalue weighted by molar-refractivity contribution is 6.07. The van der Waals surface area contributed by atoms with Crippen molar-refractivity contribution in [3.05, 3.63) is 83.9 Å². The first-order valence-electron chi connectivity index (χ1n) is 9.37. The molecule has 0 saturated heterocycles. The Morgan fingerprint density at radius 2 is 1.68 bits per heavy atom. The van der Waals surface area contributed by atoms with Crippen molar-refractivity contribution in [1.29, 1.82) is 0 Å². The van der Waals surface area contributed by atoms with Gasteiger partial charge >= 0.3 is 0 Å². The third-order valence-electron chi connectivity index (χ3n) is 4.76. The number of benzene rings is 3. The number of amides is 2. The topological polar surface area (TPSA) is 89.8 Å². The van der Waals surface area contributed by atoms with E-state index in [1.54, 1.807) is 36.4 Å². The second-order valence-electron chi connectivity index (χ2n) is 6.82. The number of halogens is 1. The monoisotopic (exact) mass is 418 g/mol. The van der Waals surface area contributed by atoms with E-state index in [-0.39, 0.29) is 18.2 Å². The normalized spacial score (nSPS) is 12.0. The van der Waals surface area contributed by atoms with Crippen LogP contribution in [0.15, 0.2) is 71.1 Å². The molecule has 1 aliphatic heterocycles. The van der Waals surface area contributed by atoms with Crippen LogP contribution in [0.1, 0.15) is 20.9 Å². The van der Waals surface area contributed by atoms with E-state index < -0.39 is 17.6 Å². The summed E-state index contributed by atoms with van der Waals surface area (Å²) in [6.07, 6.45) is 0. The van der Waals surface area contributed by atoms with Crippen LogP contribution in [0.4, 0.5) is 15.8 Å². The third-order valence-corrected chi connectivity index (χ3v) is 4.76. The molecule has 0 saturated carbocycles. The van der Waals surface area contributed by atoms with Gasteiger partial charge in [-0.3, -0.25) is 9.59 Å². The maximum atomic E-state index is 14.3. The summed E-state index contributed by atoms with van der Waals surface area (Å²) in [7, 11) is 0. The van der Waals surface area contributed by atoms with Gasteiger partial charge in [0.2, 0.25) is 6.79 Å². The molecule has 2 amide bonds. The summed E-state index contributed by atoms with van der Waals surface area (Å²) < 4.78 is 30.3. The molecule has 2 heterocycles. The fraction of sp³-hybridized carbons (Fsp3) is 0.0435. The fourth-order valence-corrected chi connectivity index (χ4v) is 3.22. The van der Waals surface area contributed by atoms with Crippen molar-refractivity contribution in [3.8, 4) is 11.5 Å². The van der Waals surface area contributed by atoms with E-state index in [0.29, 0.717) is 28.3 Å². The Balaban J connectivity index is 1.34. The van der Waals surface area contributed by atoms with Crippen molar-refractivity contribution in [2.45, 2.75) is 0 Å². The number of ether oxygens (including phenoxy) is 2. The summed E-state index contributed by atoms with van der Waals surface area (Å²) in [4.78, 5) is 25.1. The predicted octanol–water partition coefficient (Wildman–Crippen LogP) is 4.81. The lowest BCUT2D eigenvalue weighted by molar-refractivity contribution is 0.0996. The van der Waals surface area contributed by atoms with Gasteiger partial charge < -0.3 is 24.5 Å². The number of para-hydroxylation sites is 1. The standard InChI is InChI=1S/C23H15FN2O5/c24-16-7-6-15(25-22(27)14-5-8-19-20(10-14)30-12-29-19)11-17(16)26-23(28)21-9-13-3-1-2-4-18(13)31-21/h1-11H,12H2,(H,25,27)(H,26,28). The van der Waals surface area contributed by atoms with Crippen LogP contribution < -0.4 is 20.1 Å². The van der Waals surface area contributed by atoms with Gasteiger partial charge in [0.15, 0.2) is 17.3 Å². The molecule has 5 rings (SSSR count). The maximum Gasteiger partial charge on any atom is 0.291 e. The molecule has 8 heteroatoms. The molecule has 154 valence electrons. The molecule has 7 nitrogen and oxygen atoms in total. The van der Waals surface area contributed by atoms with E-state index in [9.17, 15) is 14.0 Å². The first-order chi connectivity index (χ1) is 15.1. The molecule has 0 bridgehead atoms. The summed E-state index contributed by atoms with van der Waals surface area (Å²) in [5.74, 6) is -0.575. The van der Waals surface area contributed by atoms with Crippen LogP contribution in [-0.2, 0) is 0 Å². The summed E-state index contributed by atoms with van der Waals surface area (Å²) in [6, 6.07) is 17.4. The van der Waals surface area contributed by atoms with Crippen molar-refractivity contribution in [2.24, 2.45) is 0 Å². The quantitative estimate of drug-likeness (QED) is 0.497. The minimum Gasteiger partial charge on any atom is -0.454 e. The fourth-order valence-electron chi connectivity index (χ4n) is 3.22. The molecule has 1 aliphatic rings. The molecule has 0 aliphatic carbocycles. The number of carbonyl (C=O) groups is 2. The molecular weight excluding hydrogens is 403 g/mol. The minimum atomic E-state index is -0.648. The number of nitrogens with one attached hydrogen (secondary N) is 2. The largest absolute Gasteiger partial charge is 0.454 e. The first-order valence-corrected chi connectivity index (χ1v) is 9.37. The van der Waals surface area contributed by atoms with Crippen molar-refractivity contribution in [1.82, 2.24) is 0 Å². The molecule has 0 unspecified atom stereocenters. The second kappa shape index (κ2) is 7.49. The van der Waals surface area contributed by atoms with Gasteiger partial charge in [0.05, 0.1) is 5.69 Å². The van der Waals surface area contributed by atoms with Crippen LogP contribution in [0.5, 0.6) is 11.5 Å². The van der Waals surface area contributed by atoms with Gasteiger partial charge in [0, 0.05) is 16.6 Å². The van der Waals surface area contributed by atoms with Crippen LogP contribution in [0.25, 0.3) is 11.0 Å². The van der Waals surface area contributed by atoms with Crippen LogP contribution in [0.3, 0.4) is 0 Å². The maximum absolute atomic E-state index is 14.3. The molecule has 0 fully saturated rings. The Morgan fingerprint density at radius 3 is 2.55 bits per heavy atom. The van der Waals surface area contributed by atoms with E-state index in [1.165, 1.54) is 12.1 Å². The smallest absolute Gasteiger partial charge is 0.291 e. The predicted molar refractivity (Wildman–Crippen MR) is 111 cm³/mol. The number of fused-ring (bicyclic) bond motifs is 2. The summed E-state index contributed by atoms with van der Waals surface area (Å²) in [5, 5.41) is 5.92. The van der Waals surface area contributed by atoms with Gasteiger partial charge in [0.1, 0.15) is 11.4 Å². The Labute approximate surface area is 175 Å². The number of furan rings is 1. The van der Waals surface area contributed by atoms with E-state index in [1.807, 2.05) is 12.1 Å². The Bertz CT molecular complexity index is 1300. The zero-order valence-corrected chi connectivity index (χ0v) is 16.0. The molecule has 0 spiro atoms. The lowest BCUT2D eigenvalue weighted by Gasteiger charge is -2.10. The highest BCUT2D eigenvalue weighted by Crippen LogP contribution is 2.33. The molecule has 0 atom stereocenters. The van der Waals surface area contributed by atoms with Gasteiger partial charge in [-0.1, -0.05) is 18.2 Å². The lowest BCUT2D eigenvalue weighted by atomic mass is 10.1. The van der Waals surface area contributed by atoms with Crippen molar-refractivity contribution >= 4 is 34.2 Å². The summed E-state index contributed by atoms with van der Waals surface area (Å²) >= 11 is 0. The SMILES string of the molecule is O=C(Nc1ccc(F)c(NC(=O)c2cc3ccccc3o2)c1)c1ccc2c(c1)OCO2. The molecular formula is C23H15FN2O5. The Kier molecular flexibility index (Phi) is 4.51. The van der Waals surface area contributed by atoms with Gasteiger partial charge in [0.25, 0.3) is 11.8 Å². The van der Waals surface area contributed by atoms with Crippen LogP contribution in [0, 0.1) is 5.82 Å². The number of hydrogen-bond acceptors (Lipinski definition) is 5. The summed E-state index contributed by atoms with van der Waals surface area (Å²) in [5.41, 5.74) is 1.12. The highest BCUT2D eigenvalue weighted by Gasteiger charge is 2.18. The van der Waals surface area contributed by atoms with Gasteiger partial charge in [-0.15, -0.1) is 0 Å². The minimum absolute atomic E-state index is 0.0513. The average Bonchev–Trinajstić information content (AvgIpc) is 3.42. The van der Waals surface area contributed by atoms with Gasteiger partial charge in [-0.2, -0.15) is 0 Å². The molecule has 4 aromatic rings. The number of carbonyl (C=O) groups excluding carboxylic acids is 2. The van der Waals surface area contributed by atoms with Crippen LogP contribution >= 0.6 is 0 Å². The van der Waals surface area contributed by atoms with E-state index in [4.69, 9.17) is 13.9 Å². The van der Waals surface area contributed by atoms with Crippen molar-refractivity contribution in [2.75, 3.05) is 17.4 Å². The Morgan fingerprint density at radius 1 is 0.839 bits per heavy atom. The van der Waals surface area contributed by atoms with E-state index >= 15 is 0 Å². The third kappa shape index (κ3) is 3.66. The molecule has 3 aromatic carbocycles. The van der Waals surface area contributed by atoms with Crippen molar-refractivity contribution < 1.29 is 27.9 Å². The number of hydrogen-bond donors (Lipinski definition) is 2. The van der Waals surface area contributed by atoms with E-state index in [2.05, 4.69) is 10.6 Å². The molecule has 1 aromatic heterocycles. The summed E-state index contributed by atoms with van der Waals surface area (Å²) in [6.45, 7) is 0.104. The van der Waals surface area contributed by atoms with Crippen molar-refractivity contribution in [3.63, 3.8) is 0 Å². The highest BCUT2D eigenvalue weighted by atomic mass is 19.1. The lowest BCUT2D eigenvalue weighted by Crippen LogP contribution is -2.14. The zero-order chi connectivity index (χ0) is 21.4. The van der Waals surface area contributed by atoms with Gasteiger partial charge in [-0.05, 0) is 48.5 Å². The van der Waals surface area contributed by atoms with Gasteiger partial charge in [-0.25, -0.2) is 4.39 Å². The molecule has 2 N–H and O–H groups in total. The van der Waals surface area contributed by atoms with E-state index in [0.717, 1.165) is 11.5 Å². The molecule has 0 radical (unpaired) electrons.